The average molecular weight is 345 g/mol. The predicted octanol–water partition coefficient (Wildman–Crippen LogP) is -0.870. The van der Waals surface area contributed by atoms with E-state index in [9.17, 15) is 14.7 Å². The Morgan fingerprint density at radius 1 is 1.56 bits per heavy atom. The van der Waals surface area contributed by atoms with Crippen molar-refractivity contribution in [2.45, 2.75) is 34.4 Å². The summed E-state index contributed by atoms with van der Waals surface area (Å²) in [6, 6.07) is 0.456. The fraction of sp³-hybridized carbons (Fsp3) is 0.778. The molecule has 2 amide bonds. The van der Waals surface area contributed by atoms with Crippen molar-refractivity contribution in [1.82, 2.24) is 10.6 Å². The van der Waals surface area contributed by atoms with Crippen LogP contribution >= 0.6 is 11.8 Å². The van der Waals surface area contributed by atoms with Crippen molar-refractivity contribution in [2.75, 3.05) is 5.75 Å². The third-order valence-electron chi connectivity index (χ3n) is 3.06. The molecule has 16 heavy (non-hydrogen) atoms. The monoisotopic (exact) mass is 345 g/mol. The average Bonchev–Trinajstić information content (AvgIpc) is 2.72. The molecule has 0 aromatic carbocycles. The quantitative estimate of drug-likeness (QED) is 0.502. The van der Waals surface area contributed by atoms with Crippen LogP contribution in [0, 0.1) is 0 Å². The van der Waals surface area contributed by atoms with E-state index < -0.39 is 26.6 Å². The van der Waals surface area contributed by atoms with Crippen LogP contribution in [-0.2, 0) is 0 Å². The molecule has 5 nitrogen and oxygen atoms in total. The van der Waals surface area contributed by atoms with E-state index in [0.717, 1.165) is 22.8 Å². The Kier molecular flexibility index (Phi) is 4.29. The second-order valence-electron chi connectivity index (χ2n) is 4.24. The maximum atomic E-state index is 11.1. The van der Waals surface area contributed by atoms with Gasteiger partial charge >= 0.3 is 110 Å². The molecule has 2 heterocycles. The van der Waals surface area contributed by atoms with E-state index in [0.29, 0.717) is 5.25 Å². The normalized spacial score (nSPS) is 31.8. The van der Waals surface area contributed by atoms with Crippen LogP contribution in [0.4, 0.5) is 9.59 Å². The first-order valence-electron chi connectivity index (χ1n) is 5.55. The van der Waals surface area contributed by atoms with E-state index in [1.807, 2.05) is 11.8 Å². The molecular formula is C9H14InN2O3S-. The van der Waals surface area contributed by atoms with Gasteiger partial charge in [-0.3, -0.25) is 0 Å². The van der Waals surface area contributed by atoms with Crippen LogP contribution in [0.3, 0.4) is 0 Å². The molecule has 2 saturated heterocycles. The first-order valence-corrected chi connectivity index (χ1v) is 11.5. The molecule has 2 N–H and O–H groups in total. The summed E-state index contributed by atoms with van der Waals surface area (Å²) >= 11 is 0.253. The number of hydrogen-bond acceptors (Lipinski definition) is 4. The Bertz CT molecular complexity index is 302. The van der Waals surface area contributed by atoms with Gasteiger partial charge in [0.1, 0.15) is 0 Å². The number of rotatable bonds is 5. The summed E-state index contributed by atoms with van der Waals surface area (Å²) in [7, 11) is 0. The zero-order chi connectivity index (χ0) is 11.5. The number of amides is 2. The molecule has 2 aliphatic heterocycles. The molecule has 3 atom stereocenters. The van der Waals surface area contributed by atoms with Gasteiger partial charge in [0.05, 0.1) is 0 Å². The summed E-state index contributed by atoms with van der Waals surface area (Å²) < 4.78 is 0.106. The third-order valence-corrected chi connectivity index (χ3v) is 8.17. The van der Waals surface area contributed by atoms with Crippen LogP contribution in [0.1, 0.15) is 12.8 Å². The summed E-state index contributed by atoms with van der Waals surface area (Å²) in [5.74, 6) is 0.970. The first-order chi connectivity index (χ1) is 7.66. The molecule has 0 saturated carbocycles. The predicted molar refractivity (Wildman–Crippen MR) is 62.1 cm³/mol. The number of carbonyl (C=O) groups excluding carboxylic acids is 2. The van der Waals surface area contributed by atoms with Gasteiger partial charge in [-0.1, -0.05) is 0 Å². The second-order valence-corrected chi connectivity index (χ2v) is 10.6. The minimum absolute atomic E-state index is 0.0609. The van der Waals surface area contributed by atoms with Gasteiger partial charge in [0, 0.05) is 0 Å². The van der Waals surface area contributed by atoms with Gasteiger partial charge in [-0.05, 0) is 0 Å². The fourth-order valence-electron chi connectivity index (χ4n) is 2.26. The standard InChI is InChI=1S/C8H13N2OS.CO2.In.H/c1-2-3-6-7-5(4-12-6)9-8(11)10-7;2-1-3;;/h5-7H,1-4H2,(H2,9,10,11);;;/q;-1;;/t5-,6-,7-;;;/m0.../s1. The van der Waals surface area contributed by atoms with E-state index in [1.54, 1.807) is 0 Å². The molecule has 2 rings (SSSR count). The molecule has 7 heteroatoms. The van der Waals surface area contributed by atoms with E-state index in [1.165, 1.54) is 0 Å². The molecule has 0 bridgehead atoms. The van der Waals surface area contributed by atoms with Crippen molar-refractivity contribution >= 4 is 44.4 Å². The number of fused-ring (bicyclic) bond motifs is 1. The van der Waals surface area contributed by atoms with E-state index in [4.69, 9.17) is 0 Å². The van der Waals surface area contributed by atoms with Crippen LogP contribution in [-0.4, -0.2) is 55.7 Å². The van der Waals surface area contributed by atoms with Gasteiger partial charge in [0.15, 0.2) is 0 Å². The molecule has 0 aliphatic carbocycles. The van der Waals surface area contributed by atoms with Gasteiger partial charge in [-0.25, -0.2) is 0 Å². The zero-order valence-corrected chi connectivity index (χ0v) is 13.8. The topological polar surface area (TPSA) is 81.3 Å². The summed E-state index contributed by atoms with van der Waals surface area (Å²) in [5, 5.41) is 16.6. The number of thioether (sulfide) groups is 1. The van der Waals surface area contributed by atoms with Crippen molar-refractivity contribution in [2.24, 2.45) is 0 Å². The van der Waals surface area contributed by atoms with Gasteiger partial charge in [-0.15, -0.1) is 0 Å². The molecule has 0 spiro atoms. The third kappa shape index (κ3) is 3.00. The number of carboxylic acid groups (broad SMARTS) is 1. The summed E-state index contributed by atoms with van der Waals surface area (Å²) in [6.45, 7) is 0. The van der Waals surface area contributed by atoms with Crippen molar-refractivity contribution < 1.29 is 14.7 Å². The Morgan fingerprint density at radius 2 is 2.38 bits per heavy atom. The SMILES string of the molecule is O=C1N[C@H]2[C@H](CS[C@H]2CC[CH2][InH][C](=O)[O-])N1. The number of hydrogen-bond donors (Lipinski definition) is 2. The molecule has 0 radical (unpaired) electrons. The van der Waals surface area contributed by atoms with Gasteiger partial charge < -0.3 is 0 Å². The van der Waals surface area contributed by atoms with Crippen LogP contribution in [0.2, 0.25) is 4.18 Å². The molecular weight excluding hydrogens is 331 g/mol. The second kappa shape index (κ2) is 5.53. The van der Waals surface area contributed by atoms with Crippen LogP contribution in [0.15, 0.2) is 0 Å². The number of nitrogens with one attached hydrogen (secondary N) is 2. The molecule has 88 valence electrons. The van der Waals surface area contributed by atoms with Gasteiger partial charge in [-0.2, -0.15) is 0 Å². The van der Waals surface area contributed by atoms with Crippen LogP contribution in [0.25, 0.3) is 0 Å². The summed E-state index contributed by atoms with van der Waals surface area (Å²) in [4.78, 5) is 21.4. The molecule has 0 aromatic heterocycles. The van der Waals surface area contributed by atoms with Crippen molar-refractivity contribution in [1.29, 1.82) is 0 Å². The van der Waals surface area contributed by atoms with Gasteiger partial charge in [0.2, 0.25) is 0 Å². The van der Waals surface area contributed by atoms with E-state index >= 15 is 0 Å². The Morgan fingerprint density at radius 3 is 3.12 bits per heavy atom. The number of urea groups is 1. The Labute approximate surface area is 109 Å². The number of carbonyl (C=O) groups is 2. The molecule has 2 aliphatic rings. The van der Waals surface area contributed by atoms with Crippen LogP contribution < -0.4 is 15.7 Å². The molecule has 2 fully saturated rings. The van der Waals surface area contributed by atoms with E-state index in [2.05, 4.69) is 10.6 Å². The molecule has 0 aromatic rings. The van der Waals surface area contributed by atoms with Crippen molar-refractivity contribution in [3.63, 3.8) is 0 Å². The minimum atomic E-state index is -1.63. The first kappa shape index (κ1) is 12.4. The Balaban J connectivity index is 1.70. The van der Waals surface area contributed by atoms with Crippen LogP contribution in [0.5, 0.6) is 0 Å². The van der Waals surface area contributed by atoms with Crippen molar-refractivity contribution in [3.05, 3.63) is 0 Å². The zero-order valence-electron chi connectivity index (χ0n) is 8.90. The van der Waals surface area contributed by atoms with E-state index in [-0.39, 0.29) is 18.1 Å². The summed E-state index contributed by atoms with van der Waals surface area (Å²) in [6.07, 6.45) is 1.98. The maximum absolute atomic E-state index is 11.1. The molecule has 0 unspecified atom stereocenters. The summed E-state index contributed by atoms with van der Waals surface area (Å²) in [5.41, 5.74) is 0. The van der Waals surface area contributed by atoms with Crippen molar-refractivity contribution in [3.8, 4) is 0 Å². The Hall–Kier alpha value is -0.0399. The van der Waals surface area contributed by atoms with Gasteiger partial charge in [0.25, 0.3) is 0 Å². The fourth-order valence-corrected chi connectivity index (χ4v) is 6.16.